The van der Waals surface area contributed by atoms with E-state index in [1.54, 1.807) is 24.5 Å². The van der Waals surface area contributed by atoms with Gasteiger partial charge < -0.3 is 14.6 Å². The van der Waals surface area contributed by atoms with Crippen molar-refractivity contribution in [2.24, 2.45) is 0 Å². The minimum Gasteiger partial charge on any atom is -0.469 e. The summed E-state index contributed by atoms with van der Waals surface area (Å²) in [6, 6.07) is 9.59. The molecule has 2 amide bonds. The number of urea groups is 1. The predicted molar refractivity (Wildman–Crippen MR) is 95.2 cm³/mol. The maximum atomic E-state index is 13.2. The van der Waals surface area contributed by atoms with Crippen LogP contribution < -0.4 is 5.32 Å². The highest BCUT2D eigenvalue weighted by Crippen LogP contribution is 2.28. The number of rotatable bonds is 5. The third-order valence-corrected chi connectivity index (χ3v) is 6.11. The number of amides is 2. The second-order valence-electron chi connectivity index (χ2n) is 6.28. The first-order chi connectivity index (χ1) is 12.4. The molecule has 3 rings (SSSR count). The van der Waals surface area contributed by atoms with Crippen LogP contribution in [0, 0.1) is 5.82 Å². The summed E-state index contributed by atoms with van der Waals surface area (Å²) in [6.07, 6.45) is 2.16. The van der Waals surface area contributed by atoms with Crippen molar-refractivity contribution in [3.63, 3.8) is 0 Å². The molecule has 1 fully saturated rings. The molecule has 1 aromatic heterocycles. The van der Waals surface area contributed by atoms with Crippen LogP contribution in [0.3, 0.4) is 0 Å². The first-order valence-electron chi connectivity index (χ1n) is 8.47. The average Bonchev–Trinajstić information content (AvgIpc) is 3.14. The second kappa shape index (κ2) is 7.90. The summed E-state index contributed by atoms with van der Waals surface area (Å²) >= 11 is 0. The van der Waals surface area contributed by atoms with E-state index in [9.17, 15) is 17.6 Å². The quantitative estimate of drug-likeness (QED) is 0.864. The summed E-state index contributed by atoms with van der Waals surface area (Å²) in [5, 5.41) is 2.83. The average molecular weight is 380 g/mol. The smallest absolute Gasteiger partial charge is 0.317 e. The molecule has 1 atom stereocenters. The summed E-state index contributed by atoms with van der Waals surface area (Å²) in [6.45, 7) is 0.826. The number of hydrogen-bond acceptors (Lipinski definition) is 4. The van der Waals surface area contributed by atoms with E-state index in [-0.39, 0.29) is 42.4 Å². The minimum absolute atomic E-state index is 0.00498. The van der Waals surface area contributed by atoms with Crippen LogP contribution in [0.5, 0.6) is 0 Å². The Morgan fingerprint density at radius 3 is 2.50 bits per heavy atom. The number of halogens is 1. The van der Waals surface area contributed by atoms with Gasteiger partial charge in [-0.25, -0.2) is 17.6 Å². The van der Waals surface area contributed by atoms with E-state index in [0.29, 0.717) is 13.0 Å². The van der Waals surface area contributed by atoms with Gasteiger partial charge in [0.2, 0.25) is 0 Å². The highest BCUT2D eigenvalue weighted by molar-refractivity contribution is 7.91. The molecule has 0 aliphatic carbocycles. The van der Waals surface area contributed by atoms with Gasteiger partial charge in [0.1, 0.15) is 11.6 Å². The lowest BCUT2D eigenvalue weighted by atomic mass is 9.93. The van der Waals surface area contributed by atoms with Gasteiger partial charge in [0.25, 0.3) is 0 Å². The Balaban J connectivity index is 1.58. The Morgan fingerprint density at radius 1 is 1.19 bits per heavy atom. The Labute approximate surface area is 151 Å². The lowest BCUT2D eigenvalue weighted by Gasteiger charge is -2.27. The topological polar surface area (TPSA) is 79.6 Å². The number of carbonyl (C=O) groups is 1. The van der Waals surface area contributed by atoms with Crippen LogP contribution in [0.1, 0.15) is 23.7 Å². The van der Waals surface area contributed by atoms with Gasteiger partial charge in [-0.05, 0) is 36.2 Å². The van der Waals surface area contributed by atoms with Crippen molar-refractivity contribution in [1.29, 1.82) is 0 Å². The standard InChI is InChI=1S/C18H21FN2O4S/c19-15-5-3-14(4-6-15)16(17-2-1-11-25-17)7-8-20-18(22)21-9-12-26(23,24)13-10-21/h1-6,11,16H,7-10,12-13H2,(H,20,22)/t16-/m0/s1. The van der Waals surface area contributed by atoms with Gasteiger partial charge in [-0.1, -0.05) is 12.1 Å². The molecule has 140 valence electrons. The molecule has 0 saturated carbocycles. The maximum Gasteiger partial charge on any atom is 0.317 e. The third-order valence-electron chi connectivity index (χ3n) is 4.50. The number of benzene rings is 1. The summed E-state index contributed by atoms with van der Waals surface area (Å²) in [7, 11) is -3.02. The van der Waals surface area contributed by atoms with Gasteiger partial charge in [-0.2, -0.15) is 0 Å². The number of furan rings is 1. The van der Waals surface area contributed by atoms with E-state index in [0.717, 1.165) is 11.3 Å². The number of carbonyl (C=O) groups excluding carboxylic acids is 1. The van der Waals surface area contributed by atoms with Gasteiger partial charge in [-0.15, -0.1) is 0 Å². The fourth-order valence-electron chi connectivity index (χ4n) is 3.01. The molecule has 8 heteroatoms. The van der Waals surface area contributed by atoms with E-state index in [1.807, 2.05) is 6.07 Å². The third kappa shape index (κ3) is 4.63. The van der Waals surface area contributed by atoms with Crippen molar-refractivity contribution in [3.8, 4) is 0 Å². The Hall–Kier alpha value is -2.35. The van der Waals surface area contributed by atoms with E-state index in [1.165, 1.54) is 17.0 Å². The van der Waals surface area contributed by atoms with Gasteiger partial charge in [0.15, 0.2) is 9.84 Å². The van der Waals surface area contributed by atoms with Crippen molar-refractivity contribution in [2.75, 3.05) is 31.1 Å². The van der Waals surface area contributed by atoms with Crippen LogP contribution >= 0.6 is 0 Å². The molecule has 6 nitrogen and oxygen atoms in total. The number of nitrogens with zero attached hydrogens (tertiary/aromatic N) is 1. The van der Waals surface area contributed by atoms with Crippen LogP contribution in [-0.2, 0) is 9.84 Å². The van der Waals surface area contributed by atoms with Gasteiger partial charge in [-0.3, -0.25) is 0 Å². The molecule has 1 aliphatic heterocycles. The fourth-order valence-corrected chi connectivity index (χ4v) is 4.21. The normalized spacial score (nSPS) is 17.7. The van der Waals surface area contributed by atoms with Crippen LogP contribution in [0.15, 0.2) is 47.1 Å². The Bertz CT molecular complexity index is 821. The van der Waals surface area contributed by atoms with E-state index >= 15 is 0 Å². The van der Waals surface area contributed by atoms with Crippen LogP contribution in [0.4, 0.5) is 9.18 Å². The molecule has 0 bridgehead atoms. The zero-order valence-electron chi connectivity index (χ0n) is 14.2. The highest BCUT2D eigenvalue weighted by atomic mass is 32.2. The second-order valence-corrected chi connectivity index (χ2v) is 8.58. The summed E-state index contributed by atoms with van der Waals surface area (Å²) < 4.78 is 41.6. The van der Waals surface area contributed by atoms with Gasteiger partial charge in [0.05, 0.1) is 17.8 Å². The van der Waals surface area contributed by atoms with Gasteiger partial charge >= 0.3 is 6.03 Å². The largest absolute Gasteiger partial charge is 0.469 e. The lowest BCUT2D eigenvalue weighted by molar-refractivity contribution is 0.202. The first-order valence-corrected chi connectivity index (χ1v) is 10.3. The molecule has 0 spiro atoms. The van der Waals surface area contributed by atoms with Crippen molar-refractivity contribution in [2.45, 2.75) is 12.3 Å². The van der Waals surface area contributed by atoms with Crippen molar-refractivity contribution in [1.82, 2.24) is 10.2 Å². The van der Waals surface area contributed by atoms with E-state index in [2.05, 4.69) is 5.32 Å². The zero-order chi connectivity index (χ0) is 18.6. The van der Waals surface area contributed by atoms with Gasteiger partial charge in [0, 0.05) is 25.6 Å². The molecule has 26 heavy (non-hydrogen) atoms. The summed E-state index contributed by atoms with van der Waals surface area (Å²) in [5.41, 5.74) is 0.902. The molecular formula is C18H21FN2O4S. The molecule has 1 aliphatic rings. The number of sulfone groups is 1. The van der Waals surface area contributed by atoms with Crippen LogP contribution in [0.25, 0.3) is 0 Å². The molecule has 1 N–H and O–H groups in total. The van der Waals surface area contributed by atoms with Crippen LogP contribution in [0.2, 0.25) is 0 Å². The molecule has 1 aromatic carbocycles. The molecule has 2 aromatic rings. The highest BCUT2D eigenvalue weighted by Gasteiger charge is 2.25. The van der Waals surface area contributed by atoms with Crippen molar-refractivity contribution >= 4 is 15.9 Å². The first kappa shape index (κ1) is 18.4. The minimum atomic E-state index is -3.02. The van der Waals surface area contributed by atoms with Crippen LogP contribution in [-0.4, -0.2) is 50.5 Å². The molecule has 0 unspecified atom stereocenters. The van der Waals surface area contributed by atoms with Crippen molar-refractivity contribution < 1.29 is 22.0 Å². The zero-order valence-corrected chi connectivity index (χ0v) is 15.0. The van der Waals surface area contributed by atoms with E-state index < -0.39 is 9.84 Å². The molecule has 2 heterocycles. The monoisotopic (exact) mass is 380 g/mol. The fraction of sp³-hybridized carbons (Fsp3) is 0.389. The molecule has 0 radical (unpaired) electrons. The van der Waals surface area contributed by atoms with E-state index in [4.69, 9.17) is 4.42 Å². The predicted octanol–water partition coefficient (Wildman–Crippen LogP) is 2.38. The van der Waals surface area contributed by atoms with Crippen molar-refractivity contribution in [3.05, 3.63) is 59.8 Å². The summed E-state index contributed by atoms with van der Waals surface area (Å²) in [4.78, 5) is 13.7. The Kier molecular flexibility index (Phi) is 5.61. The maximum absolute atomic E-state index is 13.2. The SMILES string of the molecule is O=C(NCC[C@@H](c1ccc(F)cc1)c1ccco1)N1CCS(=O)(=O)CC1. The molecule has 1 saturated heterocycles. The number of hydrogen-bond donors (Lipinski definition) is 1. The lowest BCUT2D eigenvalue weighted by Crippen LogP contribution is -2.48. The molecular weight excluding hydrogens is 359 g/mol. The Morgan fingerprint density at radius 2 is 1.88 bits per heavy atom. The summed E-state index contributed by atoms with van der Waals surface area (Å²) in [5.74, 6) is 0.346. The number of nitrogens with one attached hydrogen (secondary N) is 1.